The molecule has 1 aromatic rings. The molecule has 0 unspecified atom stereocenters. The van der Waals surface area contributed by atoms with Crippen molar-refractivity contribution in [3.8, 4) is 0 Å². The molecule has 144 valence electrons. The zero-order valence-corrected chi connectivity index (χ0v) is 16.0. The molecular weight excluding hydrogens is 330 g/mol. The Balaban J connectivity index is 1.44. The smallest absolute Gasteiger partial charge is 0.163 e. The third kappa shape index (κ3) is 5.14. The van der Waals surface area contributed by atoms with E-state index in [1.165, 1.54) is 51.4 Å². The van der Waals surface area contributed by atoms with Crippen LogP contribution in [0, 0.1) is 35.3 Å². The van der Waals surface area contributed by atoms with Crippen LogP contribution in [0.5, 0.6) is 0 Å². The Morgan fingerprint density at radius 1 is 0.846 bits per heavy atom. The lowest BCUT2D eigenvalue weighted by molar-refractivity contribution is 0.0919. The Morgan fingerprint density at radius 3 is 1.85 bits per heavy atom. The molecule has 0 bridgehead atoms. The first-order chi connectivity index (χ1) is 12.5. The second kappa shape index (κ2) is 9.10. The van der Waals surface area contributed by atoms with Crippen molar-refractivity contribution in [3.63, 3.8) is 0 Å². The van der Waals surface area contributed by atoms with E-state index >= 15 is 0 Å². The van der Waals surface area contributed by atoms with Crippen molar-refractivity contribution in [1.82, 2.24) is 0 Å². The van der Waals surface area contributed by atoms with E-state index in [1.807, 2.05) is 0 Å². The van der Waals surface area contributed by atoms with Gasteiger partial charge >= 0.3 is 0 Å². The van der Waals surface area contributed by atoms with E-state index in [9.17, 15) is 13.6 Å². The van der Waals surface area contributed by atoms with E-state index in [-0.39, 0.29) is 11.3 Å². The van der Waals surface area contributed by atoms with E-state index in [1.54, 1.807) is 0 Å². The average molecular weight is 363 g/mol. The summed E-state index contributed by atoms with van der Waals surface area (Å²) in [5.41, 5.74) is 0.180. The summed E-state index contributed by atoms with van der Waals surface area (Å²) >= 11 is 0. The largest absolute Gasteiger partial charge is 0.294 e. The third-order valence-electron chi connectivity index (χ3n) is 6.81. The maximum atomic E-state index is 13.3. The van der Waals surface area contributed by atoms with Crippen LogP contribution in [0.2, 0.25) is 0 Å². The highest BCUT2D eigenvalue weighted by molar-refractivity contribution is 5.96. The molecule has 0 N–H and O–H groups in total. The lowest BCUT2D eigenvalue weighted by Crippen LogP contribution is -2.26. The molecule has 1 nitrogen and oxygen atoms in total. The van der Waals surface area contributed by atoms with Gasteiger partial charge in [-0.25, -0.2) is 8.78 Å². The monoisotopic (exact) mass is 362 g/mol. The summed E-state index contributed by atoms with van der Waals surface area (Å²) in [6.07, 6.45) is 13.3. The number of halogens is 2. The van der Waals surface area contributed by atoms with Gasteiger partial charge in [0, 0.05) is 18.1 Å². The number of carbonyl (C=O) groups excluding carboxylic acids is 1. The lowest BCUT2D eigenvalue weighted by atomic mass is 9.68. The predicted molar refractivity (Wildman–Crippen MR) is 101 cm³/mol. The molecule has 1 aromatic carbocycles. The minimum Gasteiger partial charge on any atom is -0.294 e. The number of rotatable bonds is 6. The molecule has 0 aliphatic heterocycles. The first kappa shape index (κ1) is 19.5. The predicted octanol–water partition coefficient (Wildman–Crippen LogP) is 6.95. The van der Waals surface area contributed by atoms with Crippen molar-refractivity contribution < 1.29 is 13.6 Å². The van der Waals surface area contributed by atoms with Gasteiger partial charge in [0.2, 0.25) is 0 Å². The fourth-order valence-corrected chi connectivity index (χ4v) is 5.32. The van der Waals surface area contributed by atoms with Crippen molar-refractivity contribution in [3.05, 3.63) is 35.4 Å². The SMILES string of the molecule is CCC[C@H]1CC[C@H]([C@H]2CC[C@H](CC(=O)c3cc(F)cc(F)c3)CC2)CC1. The van der Waals surface area contributed by atoms with Gasteiger partial charge in [-0.15, -0.1) is 0 Å². The summed E-state index contributed by atoms with van der Waals surface area (Å²) in [6, 6.07) is 3.13. The Morgan fingerprint density at radius 2 is 1.35 bits per heavy atom. The van der Waals surface area contributed by atoms with Crippen molar-refractivity contribution >= 4 is 5.78 Å². The van der Waals surface area contributed by atoms with Crippen LogP contribution in [0.25, 0.3) is 0 Å². The van der Waals surface area contributed by atoms with Crippen LogP contribution < -0.4 is 0 Å². The number of ketones is 1. The minimum absolute atomic E-state index is 0.119. The Hall–Kier alpha value is -1.25. The van der Waals surface area contributed by atoms with Crippen molar-refractivity contribution in [2.45, 2.75) is 77.6 Å². The Bertz CT molecular complexity index is 576. The molecule has 0 heterocycles. The molecular formula is C23H32F2O. The summed E-state index contributed by atoms with van der Waals surface area (Å²) < 4.78 is 26.6. The summed E-state index contributed by atoms with van der Waals surface area (Å²) in [7, 11) is 0. The molecule has 0 aromatic heterocycles. The van der Waals surface area contributed by atoms with Crippen LogP contribution in [-0.2, 0) is 0 Å². The van der Waals surface area contributed by atoms with Crippen LogP contribution in [0.1, 0.15) is 87.9 Å². The molecule has 0 amide bonds. The van der Waals surface area contributed by atoms with Gasteiger partial charge in [0.1, 0.15) is 11.6 Å². The van der Waals surface area contributed by atoms with Crippen LogP contribution >= 0.6 is 0 Å². The zero-order chi connectivity index (χ0) is 18.5. The molecule has 3 heteroatoms. The van der Waals surface area contributed by atoms with Gasteiger partial charge in [-0.1, -0.05) is 32.6 Å². The van der Waals surface area contributed by atoms with Crippen molar-refractivity contribution in [2.24, 2.45) is 23.7 Å². The molecule has 2 aliphatic carbocycles. The number of carbonyl (C=O) groups is 1. The topological polar surface area (TPSA) is 17.1 Å². The van der Waals surface area contributed by atoms with Gasteiger partial charge in [-0.2, -0.15) is 0 Å². The Labute approximate surface area is 156 Å². The van der Waals surface area contributed by atoms with E-state index in [0.29, 0.717) is 12.3 Å². The molecule has 2 saturated carbocycles. The highest BCUT2D eigenvalue weighted by Crippen LogP contribution is 2.42. The summed E-state index contributed by atoms with van der Waals surface area (Å²) in [6.45, 7) is 2.28. The normalized spacial score (nSPS) is 29.5. The summed E-state index contributed by atoms with van der Waals surface area (Å²) in [4.78, 5) is 12.4. The average Bonchev–Trinajstić information content (AvgIpc) is 2.62. The van der Waals surface area contributed by atoms with Crippen LogP contribution in [0.4, 0.5) is 8.78 Å². The van der Waals surface area contributed by atoms with Crippen molar-refractivity contribution in [2.75, 3.05) is 0 Å². The second-order valence-corrected chi connectivity index (χ2v) is 8.64. The zero-order valence-electron chi connectivity index (χ0n) is 16.0. The lowest BCUT2D eigenvalue weighted by Gasteiger charge is -2.37. The van der Waals surface area contributed by atoms with Gasteiger partial charge in [-0.3, -0.25) is 4.79 Å². The van der Waals surface area contributed by atoms with Crippen LogP contribution in [0.15, 0.2) is 18.2 Å². The van der Waals surface area contributed by atoms with Gasteiger partial charge in [0.25, 0.3) is 0 Å². The van der Waals surface area contributed by atoms with Gasteiger partial charge in [0.05, 0.1) is 0 Å². The van der Waals surface area contributed by atoms with Crippen molar-refractivity contribution in [1.29, 1.82) is 0 Å². The third-order valence-corrected chi connectivity index (χ3v) is 6.81. The molecule has 0 saturated heterocycles. The minimum atomic E-state index is -0.671. The molecule has 0 atom stereocenters. The molecule has 0 radical (unpaired) electrons. The van der Waals surface area contributed by atoms with E-state index in [4.69, 9.17) is 0 Å². The highest BCUT2D eigenvalue weighted by atomic mass is 19.1. The number of benzene rings is 1. The molecule has 3 rings (SSSR count). The standard InChI is InChI=1S/C23H32F2O/c1-2-3-16-4-8-18(9-5-16)19-10-6-17(7-11-19)12-23(26)20-13-21(24)15-22(25)14-20/h13-19H,2-12H2,1H3/t16-,17-,18-,19-. The summed E-state index contributed by atoms with van der Waals surface area (Å²) in [5.74, 6) is 1.59. The number of Topliss-reactive ketones (excluding diaryl/α,β-unsaturated/α-hetero) is 1. The number of hydrogen-bond donors (Lipinski definition) is 0. The summed E-state index contributed by atoms with van der Waals surface area (Å²) in [5, 5.41) is 0. The van der Waals surface area contributed by atoms with Crippen LogP contribution in [-0.4, -0.2) is 5.78 Å². The molecule has 2 aliphatic rings. The first-order valence-electron chi connectivity index (χ1n) is 10.5. The second-order valence-electron chi connectivity index (χ2n) is 8.64. The van der Waals surface area contributed by atoms with Gasteiger partial charge < -0.3 is 0 Å². The maximum absolute atomic E-state index is 13.3. The molecule has 0 spiro atoms. The van der Waals surface area contributed by atoms with E-state index in [2.05, 4.69) is 6.92 Å². The maximum Gasteiger partial charge on any atom is 0.163 e. The van der Waals surface area contributed by atoms with Crippen LogP contribution in [0.3, 0.4) is 0 Å². The van der Waals surface area contributed by atoms with E-state index < -0.39 is 11.6 Å². The van der Waals surface area contributed by atoms with E-state index in [0.717, 1.165) is 48.8 Å². The Kier molecular flexibility index (Phi) is 6.83. The number of hydrogen-bond acceptors (Lipinski definition) is 1. The highest BCUT2D eigenvalue weighted by Gasteiger charge is 2.31. The molecule has 2 fully saturated rings. The first-order valence-corrected chi connectivity index (χ1v) is 10.5. The fraction of sp³-hybridized carbons (Fsp3) is 0.696. The van der Waals surface area contributed by atoms with Gasteiger partial charge in [0.15, 0.2) is 5.78 Å². The molecule has 26 heavy (non-hydrogen) atoms. The fourth-order valence-electron chi connectivity index (χ4n) is 5.32. The van der Waals surface area contributed by atoms with Gasteiger partial charge in [-0.05, 0) is 74.3 Å². The quantitative estimate of drug-likeness (QED) is 0.500.